The molecule has 108 valence electrons. The van der Waals surface area contributed by atoms with Crippen LogP contribution in [0.2, 0.25) is 5.02 Å². The van der Waals surface area contributed by atoms with E-state index in [4.69, 9.17) is 22.1 Å². The van der Waals surface area contributed by atoms with Gasteiger partial charge in [-0.15, -0.1) is 0 Å². The van der Waals surface area contributed by atoms with E-state index < -0.39 is 6.10 Å². The molecule has 19 heavy (non-hydrogen) atoms. The van der Waals surface area contributed by atoms with E-state index in [0.29, 0.717) is 11.4 Å². The molecule has 0 heterocycles. The Morgan fingerprint density at radius 1 is 1.42 bits per heavy atom. The average molecular weight is 286 g/mol. The molecule has 0 aliphatic heterocycles. The van der Waals surface area contributed by atoms with E-state index >= 15 is 0 Å². The maximum Gasteiger partial charge on any atom is 0.120 e. The van der Waals surface area contributed by atoms with Gasteiger partial charge in [0, 0.05) is 11.1 Å². The van der Waals surface area contributed by atoms with Gasteiger partial charge in [-0.1, -0.05) is 37.9 Å². The largest absolute Gasteiger partial charge is 0.497 e. The minimum absolute atomic E-state index is 0.163. The van der Waals surface area contributed by atoms with E-state index in [-0.39, 0.29) is 12.0 Å². The minimum Gasteiger partial charge on any atom is -0.497 e. The van der Waals surface area contributed by atoms with Crippen LogP contribution in [0, 0.1) is 0 Å². The quantitative estimate of drug-likeness (QED) is 0.808. The number of aliphatic hydroxyl groups is 1. The first-order valence-corrected chi connectivity index (χ1v) is 7.14. The Bertz CT molecular complexity index is 398. The van der Waals surface area contributed by atoms with Gasteiger partial charge in [-0.3, -0.25) is 0 Å². The van der Waals surface area contributed by atoms with Gasteiger partial charge in [-0.25, -0.2) is 0 Å². The number of ether oxygens (including phenoxy) is 1. The summed E-state index contributed by atoms with van der Waals surface area (Å²) in [5.74, 6) is 0.903. The molecule has 0 aliphatic rings. The molecule has 0 amide bonds. The van der Waals surface area contributed by atoms with E-state index in [1.807, 2.05) is 12.1 Å². The molecule has 3 unspecified atom stereocenters. The lowest BCUT2D eigenvalue weighted by Crippen LogP contribution is -2.35. The van der Waals surface area contributed by atoms with Crippen LogP contribution in [-0.2, 0) is 0 Å². The summed E-state index contributed by atoms with van der Waals surface area (Å²) in [4.78, 5) is 0. The lowest BCUT2D eigenvalue weighted by molar-refractivity contribution is 0.124. The third-order valence-electron chi connectivity index (χ3n) is 3.45. The molecule has 0 fully saturated rings. The van der Waals surface area contributed by atoms with Gasteiger partial charge in [0.15, 0.2) is 0 Å². The highest BCUT2D eigenvalue weighted by Crippen LogP contribution is 2.31. The molecule has 0 spiro atoms. The number of hydrogen-bond acceptors (Lipinski definition) is 3. The molecule has 0 bridgehead atoms. The van der Waals surface area contributed by atoms with Crippen LogP contribution in [0.15, 0.2) is 18.2 Å². The van der Waals surface area contributed by atoms with Crippen LogP contribution in [0.25, 0.3) is 0 Å². The SMILES string of the molecule is CCCC(N)C(O)CC(C)c1ccc(OC)cc1Cl. The first-order chi connectivity index (χ1) is 8.99. The van der Waals surface area contributed by atoms with Crippen molar-refractivity contribution in [2.24, 2.45) is 5.73 Å². The second-order valence-electron chi connectivity index (χ2n) is 5.04. The highest BCUT2D eigenvalue weighted by atomic mass is 35.5. The van der Waals surface area contributed by atoms with Crippen molar-refractivity contribution in [3.05, 3.63) is 28.8 Å². The third-order valence-corrected chi connectivity index (χ3v) is 3.78. The molecule has 0 saturated carbocycles. The number of rotatable bonds is 7. The maximum atomic E-state index is 10.1. The Morgan fingerprint density at radius 3 is 2.63 bits per heavy atom. The van der Waals surface area contributed by atoms with Crippen molar-refractivity contribution < 1.29 is 9.84 Å². The molecule has 1 aromatic carbocycles. The second-order valence-corrected chi connectivity index (χ2v) is 5.45. The van der Waals surface area contributed by atoms with Gasteiger partial charge < -0.3 is 15.6 Å². The van der Waals surface area contributed by atoms with Gasteiger partial charge in [0.05, 0.1) is 13.2 Å². The fraction of sp³-hybridized carbons (Fsp3) is 0.600. The standard InChI is InChI=1S/C15H24ClNO2/c1-4-5-14(17)15(18)8-10(2)12-7-6-11(19-3)9-13(12)16/h6-7,9-10,14-15,18H,4-5,8,17H2,1-3H3. The molecule has 0 aromatic heterocycles. The lowest BCUT2D eigenvalue weighted by atomic mass is 9.91. The molecule has 1 aromatic rings. The summed E-state index contributed by atoms with van der Waals surface area (Å²) in [7, 11) is 1.61. The molecule has 4 heteroatoms. The Hall–Kier alpha value is -0.770. The first-order valence-electron chi connectivity index (χ1n) is 6.76. The number of halogens is 1. The van der Waals surface area contributed by atoms with Crippen LogP contribution < -0.4 is 10.5 Å². The summed E-state index contributed by atoms with van der Waals surface area (Å²) in [6.45, 7) is 4.12. The van der Waals surface area contributed by atoms with E-state index in [1.54, 1.807) is 13.2 Å². The Kier molecular flexibility index (Phi) is 6.63. The number of aliphatic hydroxyl groups excluding tert-OH is 1. The average Bonchev–Trinajstić information content (AvgIpc) is 2.38. The molecule has 0 radical (unpaired) electrons. The molecule has 0 aliphatic carbocycles. The van der Waals surface area contributed by atoms with E-state index in [0.717, 1.165) is 24.2 Å². The van der Waals surface area contributed by atoms with Gasteiger partial charge in [-0.05, 0) is 36.5 Å². The van der Waals surface area contributed by atoms with Crippen molar-refractivity contribution in [2.75, 3.05) is 7.11 Å². The number of hydrogen-bond donors (Lipinski definition) is 2. The Morgan fingerprint density at radius 2 is 2.11 bits per heavy atom. The van der Waals surface area contributed by atoms with E-state index in [1.165, 1.54) is 0 Å². The fourth-order valence-corrected chi connectivity index (χ4v) is 2.58. The third kappa shape index (κ3) is 4.68. The van der Waals surface area contributed by atoms with Crippen LogP contribution >= 0.6 is 11.6 Å². The van der Waals surface area contributed by atoms with E-state index in [9.17, 15) is 5.11 Å². The summed E-state index contributed by atoms with van der Waals surface area (Å²) < 4.78 is 5.13. The van der Waals surface area contributed by atoms with Crippen molar-refractivity contribution >= 4 is 11.6 Å². The molecular formula is C15H24ClNO2. The summed E-state index contributed by atoms with van der Waals surface area (Å²) in [5.41, 5.74) is 6.95. The van der Waals surface area contributed by atoms with Gasteiger partial charge in [0.1, 0.15) is 5.75 Å². The van der Waals surface area contributed by atoms with Gasteiger partial charge in [0.2, 0.25) is 0 Å². The van der Waals surface area contributed by atoms with Crippen LogP contribution in [0.5, 0.6) is 5.75 Å². The van der Waals surface area contributed by atoms with Crippen LogP contribution in [0.3, 0.4) is 0 Å². The number of benzene rings is 1. The zero-order chi connectivity index (χ0) is 14.4. The van der Waals surface area contributed by atoms with Crippen molar-refractivity contribution in [2.45, 2.75) is 51.2 Å². The van der Waals surface area contributed by atoms with Crippen molar-refractivity contribution in [3.63, 3.8) is 0 Å². The normalized spacial score (nSPS) is 15.9. The predicted octanol–water partition coefficient (Wildman–Crippen LogP) is 3.33. The highest BCUT2D eigenvalue weighted by molar-refractivity contribution is 6.31. The summed E-state index contributed by atoms with van der Waals surface area (Å²) >= 11 is 6.23. The monoisotopic (exact) mass is 285 g/mol. The summed E-state index contributed by atoms with van der Waals surface area (Å²) in [6.07, 6.45) is 1.95. The van der Waals surface area contributed by atoms with E-state index in [2.05, 4.69) is 13.8 Å². The van der Waals surface area contributed by atoms with Crippen LogP contribution in [0.1, 0.15) is 44.6 Å². The van der Waals surface area contributed by atoms with Crippen molar-refractivity contribution in [1.29, 1.82) is 0 Å². The zero-order valence-corrected chi connectivity index (χ0v) is 12.7. The Balaban J connectivity index is 2.70. The fourth-order valence-electron chi connectivity index (χ4n) is 2.22. The molecule has 1 rings (SSSR count). The first kappa shape index (κ1) is 16.3. The molecule has 3 atom stereocenters. The topological polar surface area (TPSA) is 55.5 Å². The van der Waals surface area contributed by atoms with Crippen LogP contribution in [-0.4, -0.2) is 24.4 Å². The molecular weight excluding hydrogens is 262 g/mol. The lowest BCUT2D eigenvalue weighted by Gasteiger charge is -2.22. The van der Waals surface area contributed by atoms with Gasteiger partial charge >= 0.3 is 0 Å². The summed E-state index contributed by atoms with van der Waals surface area (Å²) in [6, 6.07) is 5.47. The zero-order valence-electron chi connectivity index (χ0n) is 11.9. The molecule has 3 nitrogen and oxygen atoms in total. The minimum atomic E-state index is -0.492. The van der Waals surface area contributed by atoms with Gasteiger partial charge in [-0.2, -0.15) is 0 Å². The summed E-state index contributed by atoms with van der Waals surface area (Å²) in [5, 5.41) is 10.7. The van der Waals surface area contributed by atoms with Gasteiger partial charge in [0.25, 0.3) is 0 Å². The number of nitrogens with two attached hydrogens (primary N) is 1. The highest BCUT2D eigenvalue weighted by Gasteiger charge is 2.19. The van der Waals surface area contributed by atoms with Crippen molar-refractivity contribution in [1.82, 2.24) is 0 Å². The predicted molar refractivity (Wildman–Crippen MR) is 79.9 cm³/mol. The van der Waals surface area contributed by atoms with Crippen LogP contribution in [0.4, 0.5) is 0 Å². The Labute approximate surface area is 120 Å². The number of methoxy groups -OCH3 is 1. The molecule has 3 N–H and O–H groups in total. The smallest absolute Gasteiger partial charge is 0.120 e. The van der Waals surface area contributed by atoms with Crippen molar-refractivity contribution in [3.8, 4) is 5.75 Å². The molecule has 0 saturated heterocycles. The second kappa shape index (κ2) is 7.73. The maximum absolute atomic E-state index is 10.1.